The fourth-order valence-corrected chi connectivity index (χ4v) is 4.11. The highest BCUT2D eigenvalue weighted by atomic mass is 35.5. The van der Waals surface area contributed by atoms with Crippen molar-refractivity contribution in [2.75, 3.05) is 43.0 Å². The second-order valence-electron chi connectivity index (χ2n) is 7.47. The minimum atomic E-state index is -0.695. The number of halogens is 2. The molecule has 2 heterocycles. The summed E-state index contributed by atoms with van der Waals surface area (Å²) >= 11 is 5.98. The molecule has 8 heteroatoms. The smallest absolute Gasteiger partial charge is 0.265 e. The zero-order valence-corrected chi connectivity index (χ0v) is 17.3. The summed E-state index contributed by atoms with van der Waals surface area (Å²) in [6.07, 6.45) is 3.62. The molecule has 2 aromatic carbocycles. The molecule has 1 saturated heterocycles. The number of carbonyl (C=O) groups is 2. The number of hydrogen-bond acceptors (Lipinski definition) is 4. The van der Waals surface area contributed by atoms with Gasteiger partial charge in [0.25, 0.3) is 11.8 Å². The summed E-state index contributed by atoms with van der Waals surface area (Å²) in [5.74, 6) is -0.893. The van der Waals surface area contributed by atoms with Gasteiger partial charge in [-0.3, -0.25) is 9.59 Å². The van der Waals surface area contributed by atoms with Crippen LogP contribution in [0.25, 0.3) is 0 Å². The second kappa shape index (κ2) is 9.02. The number of amides is 2. The van der Waals surface area contributed by atoms with Gasteiger partial charge < -0.3 is 19.9 Å². The monoisotopic (exact) mass is 431 g/mol. The number of hydrogen-bond donors (Lipinski definition) is 1. The van der Waals surface area contributed by atoms with Crippen LogP contribution in [0.5, 0.6) is 5.75 Å². The van der Waals surface area contributed by atoms with Crippen molar-refractivity contribution in [3.05, 3.63) is 52.8 Å². The van der Waals surface area contributed by atoms with Gasteiger partial charge in [-0.1, -0.05) is 24.1 Å². The lowest BCUT2D eigenvalue weighted by molar-refractivity contribution is -0.121. The highest BCUT2D eigenvalue weighted by molar-refractivity contribution is 6.34. The average molecular weight is 432 g/mol. The molecule has 1 N–H and O–H groups in total. The maximum absolute atomic E-state index is 14.0. The third kappa shape index (κ3) is 4.42. The molecule has 0 radical (unpaired) electrons. The van der Waals surface area contributed by atoms with E-state index in [0.717, 1.165) is 19.6 Å². The Hall–Kier alpha value is -2.64. The van der Waals surface area contributed by atoms with E-state index in [1.54, 1.807) is 23.1 Å². The van der Waals surface area contributed by atoms with E-state index < -0.39 is 11.7 Å². The van der Waals surface area contributed by atoms with Crippen LogP contribution < -0.4 is 15.0 Å². The largest absolute Gasteiger partial charge is 0.482 e. The number of fused-ring (bicyclic) bond motifs is 1. The normalized spacial score (nSPS) is 16.7. The average Bonchev–Trinajstić information content (AvgIpc) is 2.73. The summed E-state index contributed by atoms with van der Waals surface area (Å²) in [5, 5.41) is 2.70. The van der Waals surface area contributed by atoms with Gasteiger partial charge >= 0.3 is 0 Å². The Morgan fingerprint density at radius 3 is 2.70 bits per heavy atom. The van der Waals surface area contributed by atoms with Gasteiger partial charge in [0.2, 0.25) is 0 Å². The first-order chi connectivity index (χ1) is 14.5. The van der Waals surface area contributed by atoms with E-state index in [1.807, 2.05) is 0 Å². The van der Waals surface area contributed by atoms with Crippen LogP contribution >= 0.6 is 11.6 Å². The number of piperidine rings is 1. The van der Waals surface area contributed by atoms with Crippen LogP contribution in [0.15, 0.2) is 36.4 Å². The Labute approximate surface area is 179 Å². The van der Waals surface area contributed by atoms with Crippen molar-refractivity contribution in [3.63, 3.8) is 0 Å². The molecule has 2 aliphatic heterocycles. The standard InChI is InChI=1S/C22H23ClFN3O3/c23-16-5-4-6-17(24)21(16)22(29)25-15-7-8-19-18(13-15)27(20(28)14-30-19)12-11-26-9-2-1-3-10-26/h4-8,13H,1-3,9-12,14H2,(H,25,29). The topological polar surface area (TPSA) is 61.9 Å². The van der Waals surface area contributed by atoms with Crippen molar-refractivity contribution in [1.82, 2.24) is 4.90 Å². The van der Waals surface area contributed by atoms with Crippen LogP contribution in [0.1, 0.15) is 29.6 Å². The molecule has 2 aliphatic rings. The number of benzene rings is 2. The van der Waals surface area contributed by atoms with Gasteiger partial charge in [-0.15, -0.1) is 0 Å². The second-order valence-corrected chi connectivity index (χ2v) is 7.88. The lowest BCUT2D eigenvalue weighted by Gasteiger charge is -2.33. The Morgan fingerprint density at radius 2 is 1.93 bits per heavy atom. The number of nitrogens with zero attached hydrogens (tertiary/aromatic N) is 2. The van der Waals surface area contributed by atoms with Crippen molar-refractivity contribution < 1.29 is 18.7 Å². The minimum absolute atomic E-state index is 0.0104. The predicted molar refractivity (Wildman–Crippen MR) is 114 cm³/mol. The SMILES string of the molecule is O=C(Nc1ccc2c(c1)N(CCN1CCCCC1)C(=O)CO2)c1c(F)cccc1Cl. The fraction of sp³-hybridized carbons (Fsp3) is 0.364. The summed E-state index contributed by atoms with van der Waals surface area (Å²) in [6.45, 7) is 3.41. The van der Waals surface area contributed by atoms with E-state index in [0.29, 0.717) is 23.7 Å². The number of ether oxygens (including phenoxy) is 1. The third-order valence-electron chi connectivity index (χ3n) is 5.44. The van der Waals surface area contributed by atoms with Gasteiger partial charge in [-0.05, 0) is 56.3 Å². The Bertz CT molecular complexity index is 942. The van der Waals surface area contributed by atoms with Gasteiger partial charge in [0.15, 0.2) is 6.61 Å². The van der Waals surface area contributed by atoms with Crippen molar-refractivity contribution in [2.45, 2.75) is 19.3 Å². The fourth-order valence-electron chi connectivity index (χ4n) is 3.86. The van der Waals surface area contributed by atoms with Crippen LogP contribution in [0, 0.1) is 5.82 Å². The highest BCUT2D eigenvalue weighted by Crippen LogP contribution is 2.35. The molecule has 4 rings (SSSR count). The van der Waals surface area contributed by atoms with E-state index >= 15 is 0 Å². The molecule has 158 valence electrons. The summed E-state index contributed by atoms with van der Waals surface area (Å²) in [4.78, 5) is 29.1. The quantitative estimate of drug-likeness (QED) is 0.778. The molecule has 0 aromatic heterocycles. The molecule has 0 spiro atoms. The molecule has 6 nitrogen and oxygen atoms in total. The molecule has 0 bridgehead atoms. The van der Waals surface area contributed by atoms with Gasteiger partial charge in [-0.25, -0.2) is 4.39 Å². The Kier molecular flexibility index (Phi) is 6.20. The first kappa shape index (κ1) is 20.6. The van der Waals surface area contributed by atoms with Crippen molar-refractivity contribution >= 4 is 34.8 Å². The predicted octanol–water partition coefficient (Wildman–Crippen LogP) is 3.94. The number of anilines is 2. The van der Waals surface area contributed by atoms with Crippen molar-refractivity contribution in [1.29, 1.82) is 0 Å². The molecule has 0 unspecified atom stereocenters. The molecule has 1 fully saturated rings. The third-order valence-corrected chi connectivity index (χ3v) is 5.75. The molecule has 0 atom stereocenters. The molecular weight excluding hydrogens is 409 g/mol. The van der Waals surface area contributed by atoms with Crippen LogP contribution in [0.3, 0.4) is 0 Å². The van der Waals surface area contributed by atoms with E-state index in [9.17, 15) is 14.0 Å². The van der Waals surface area contributed by atoms with Crippen molar-refractivity contribution in [2.24, 2.45) is 0 Å². The molecule has 0 aliphatic carbocycles. The highest BCUT2D eigenvalue weighted by Gasteiger charge is 2.27. The van der Waals surface area contributed by atoms with Crippen LogP contribution in [0.2, 0.25) is 5.02 Å². The first-order valence-corrected chi connectivity index (χ1v) is 10.5. The number of carbonyl (C=O) groups excluding carboxylic acids is 2. The number of nitrogens with one attached hydrogen (secondary N) is 1. The maximum Gasteiger partial charge on any atom is 0.265 e. The summed E-state index contributed by atoms with van der Waals surface area (Å²) < 4.78 is 19.6. The molecule has 0 saturated carbocycles. The first-order valence-electron chi connectivity index (χ1n) is 10.1. The van der Waals surface area contributed by atoms with Crippen LogP contribution in [-0.2, 0) is 4.79 Å². The molecule has 2 amide bonds. The van der Waals surface area contributed by atoms with Gasteiger partial charge in [0, 0.05) is 18.8 Å². The molecule has 2 aromatic rings. The maximum atomic E-state index is 14.0. The van der Waals surface area contributed by atoms with E-state index in [-0.39, 0.29) is 23.1 Å². The van der Waals surface area contributed by atoms with Crippen LogP contribution in [0.4, 0.5) is 15.8 Å². The summed E-state index contributed by atoms with van der Waals surface area (Å²) in [7, 11) is 0. The Morgan fingerprint density at radius 1 is 1.13 bits per heavy atom. The lowest BCUT2D eigenvalue weighted by Crippen LogP contribution is -2.44. The van der Waals surface area contributed by atoms with Gasteiger partial charge in [0.1, 0.15) is 11.6 Å². The number of likely N-dealkylation sites (tertiary alicyclic amines) is 1. The minimum Gasteiger partial charge on any atom is -0.482 e. The zero-order valence-electron chi connectivity index (χ0n) is 16.5. The van der Waals surface area contributed by atoms with Gasteiger partial charge in [-0.2, -0.15) is 0 Å². The van der Waals surface area contributed by atoms with Crippen molar-refractivity contribution in [3.8, 4) is 5.75 Å². The number of rotatable bonds is 5. The zero-order chi connectivity index (χ0) is 21.1. The lowest BCUT2D eigenvalue weighted by atomic mass is 10.1. The molecular formula is C22H23ClFN3O3. The van der Waals surface area contributed by atoms with Crippen LogP contribution in [-0.4, -0.2) is 49.5 Å². The van der Waals surface area contributed by atoms with E-state index in [1.165, 1.54) is 37.5 Å². The Balaban J connectivity index is 1.52. The summed E-state index contributed by atoms with van der Waals surface area (Å²) in [5.41, 5.74) is 0.811. The van der Waals surface area contributed by atoms with E-state index in [4.69, 9.17) is 16.3 Å². The van der Waals surface area contributed by atoms with E-state index in [2.05, 4.69) is 10.2 Å². The summed E-state index contributed by atoms with van der Waals surface area (Å²) in [6, 6.07) is 9.12. The van der Waals surface area contributed by atoms with Gasteiger partial charge in [0.05, 0.1) is 16.3 Å². The molecule has 30 heavy (non-hydrogen) atoms.